The Kier molecular flexibility index (Phi) is 38.0. The van der Waals surface area contributed by atoms with Gasteiger partial charge in [0.25, 0.3) is 0 Å². The molecule has 0 aromatic rings. The topological polar surface area (TPSA) is 195 Å². The second kappa shape index (κ2) is 18.2. The van der Waals surface area contributed by atoms with Gasteiger partial charge in [-0.25, -0.2) is 4.79 Å². The molecule has 0 aliphatic rings. The van der Waals surface area contributed by atoms with Crippen molar-refractivity contribution in [1.29, 1.82) is 0 Å². The van der Waals surface area contributed by atoms with Crippen LogP contribution in [-0.2, 0) is 14.4 Å². The molecule has 0 aliphatic carbocycles. The van der Waals surface area contributed by atoms with Crippen molar-refractivity contribution in [2.45, 2.75) is 18.4 Å². The molecule has 18 heavy (non-hydrogen) atoms. The number of hydrogen-bond donors (Lipinski definition) is 4. The van der Waals surface area contributed by atoms with Gasteiger partial charge in [-0.3, -0.25) is 9.59 Å². The first-order chi connectivity index (χ1) is 5.78. The molecule has 0 saturated heterocycles. The summed E-state index contributed by atoms with van der Waals surface area (Å²) in [5.74, 6) is -5.02. The van der Waals surface area contributed by atoms with E-state index in [1.165, 1.54) is 0 Å². The van der Waals surface area contributed by atoms with Crippen LogP contribution in [0.5, 0.6) is 0 Å². The van der Waals surface area contributed by atoms with Crippen LogP contribution >= 0.6 is 0 Å². The van der Waals surface area contributed by atoms with E-state index in [1.807, 2.05) is 0 Å². The zero-order valence-electron chi connectivity index (χ0n) is 13.4. The number of carbonyl (C=O) groups is 3. The smallest absolute Gasteiger partial charge is 1.00 e. The first-order valence-corrected chi connectivity index (χ1v) is 3.17. The van der Waals surface area contributed by atoms with Crippen LogP contribution in [0.3, 0.4) is 0 Å². The molecule has 0 radical (unpaired) electrons. The van der Waals surface area contributed by atoms with E-state index >= 15 is 0 Å². The van der Waals surface area contributed by atoms with Crippen molar-refractivity contribution < 1.29 is 204 Å². The van der Waals surface area contributed by atoms with Gasteiger partial charge in [0.15, 0.2) is 5.60 Å². The van der Waals surface area contributed by atoms with E-state index in [0.717, 1.165) is 0 Å². The predicted octanol–water partition coefficient (Wildman–Crippen LogP) is -11.5. The van der Waals surface area contributed by atoms with Gasteiger partial charge >= 0.3 is 172 Å². The maximum Gasteiger partial charge on any atom is 1.00 e. The molecule has 12 heteroatoms. The van der Waals surface area contributed by atoms with Crippen LogP contribution in [0.25, 0.3) is 0 Å². The Morgan fingerprint density at radius 3 is 1.17 bits per heavy atom. The number of rotatable bonds is 5. The van der Waals surface area contributed by atoms with Gasteiger partial charge in [-0.1, -0.05) is 0 Å². The third kappa shape index (κ3) is 17.3. The third-order valence-electron chi connectivity index (χ3n) is 1.29. The molecule has 0 rings (SSSR count). The van der Waals surface area contributed by atoms with E-state index in [0.29, 0.717) is 0 Å². The maximum absolute atomic E-state index is 10.3. The number of carboxylic acid groups (broad SMARTS) is 3. The summed E-state index contributed by atoms with van der Waals surface area (Å²) < 4.78 is 0. The SMILES string of the molecule is O.O.O=C(O)CC(O)(CC(=O)O)C(=O)O.[H-].[H-].[H-].[K+].[K+].[K+]. The van der Waals surface area contributed by atoms with Crippen LogP contribution in [0.1, 0.15) is 17.1 Å². The van der Waals surface area contributed by atoms with Gasteiger partial charge < -0.3 is 35.7 Å². The van der Waals surface area contributed by atoms with Crippen LogP contribution < -0.4 is 154 Å². The molecular formula is C6H15K3O9. The van der Waals surface area contributed by atoms with Gasteiger partial charge in [-0.2, -0.15) is 0 Å². The third-order valence-corrected chi connectivity index (χ3v) is 1.29. The van der Waals surface area contributed by atoms with Gasteiger partial charge in [-0.15, -0.1) is 0 Å². The second-order valence-corrected chi connectivity index (χ2v) is 2.48. The average Bonchev–Trinajstić information content (AvgIpc) is 1.82. The van der Waals surface area contributed by atoms with Crippen LogP contribution in [0.15, 0.2) is 0 Å². The van der Waals surface area contributed by atoms with Crippen molar-refractivity contribution in [2.75, 3.05) is 0 Å². The molecule has 0 saturated carbocycles. The molecule has 0 aliphatic heterocycles. The fourth-order valence-electron chi connectivity index (χ4n) is 0.714. The first kappa shape index (κ1) is 37.4. The zero-order chi connectivity index (χ0) is 10.6. The maximum atomic E-state index is 10.3. The van der Waals surface area contributed by atoms with Gasteiger partial charge in [0, 0.05) is 0 Å². The van der Waals surface area contributed by atoms with Crippen molar-refractivity contribution >= 4 is 17.9 Å². The number of aliphatic carboxylic acids is 3. The van der Waals surface area contributed by atoms with Crippen LogP contribution in [-0.4, -0.2) is 54.9 Å². The molecule has 0 heterocycles. The molecule has 8 N–H and O–H groups in total. The first-order valence-electron chi connectivity index (χ1n) is 3.17. The van der Waals surface area contributed by atoms with E-state index < -0.39 is 36.4 Å². The molecular weight excluding hydrogens is 333 g/mol. The minimum Gasteiger partial charge on any atom is -1.00 e. The van der Waals surface area contributed by atoms with Gasteiger partial charge in [0.2, 0.25) is 0 Å². The average molecular weight is 348 g/mol. The summed E-state index contributed by atoms with van der Waals surface area (Å²) in [6.45, 7) is 0. The molecule has 0 spiro atoms. The Bertz CT molecular complexity index is 253. The molecule has 0 aromatic carbocycles. The summed E-state index contributed by atoms with van der Waals surface area (Å²) in [4.78, 5) is 30.5. The van der Waals surface area contributed by atoms with Crippen molar-refractivity contribution in [3.05, 3.63) is 0 Å². The second-order valence-electron chi connectivity index (χ2n) is 2.48. The Morgan fingerprint density at radius 1 is 0.833 bits per heavy atom. The van der Waals surface area contributed by atoms with Crippen LogP contribution in [0, 0.1) is 0 Å². The monoisotopic (exact) mass is 348 g/mol. The summed E-state index contributed by atoms with van der Waals surface area (Å²) in [6.07, 6.45) is -2.29. The predicted molar refractivity (Wildman–Crippen MR) is 47.7 cm³/mol. The minimum absolute atomic E-state index is 0. The van der Waals surface area contributed by atoms with Gasteiger partial charge in [-0.05, 0) is 0 Å². The van der Waals surface area contributed by atoms with Gasteiger partial charge in [0.05, 0.1) is 12.8 Å². The summed E-state index contributed by atoms with van der Waals surface area (Å²) in [5, 5.41) is 33.8. The van der Waals surface area contributed by atoms with Crippen molar-refractivity contribution in [2.24, 2.45) is 0 Å². The molecule has 0 atom stereocenters. The summed E-state index contributed by atoms with van der Waals surface area (Å²) in [5.41, 5.74) is -2.74. The van der Waals surface area contributed by atoms with Crippen LogP contribution in [0.2, 0.25) is 0 Å². The zero-order valence-corrected chi connectivity index (χ0v) is 19.8. The standard InChI is InChI=1S/C6H8O7.3K.2H2O.3H/c7-3(8)1-6(13,5(11)12)2-4(9)10;;;;;;;;/h13H,1-2H2,(H,7,8)(H,9,10)(H,11,12);;;;2*1H2;;;/q;3*+1;;;3*-1. The van der Waals surface area contributed by atoms with E-state index in [2.05, 4.69) is 0 Å². The largest absolute Gasteiger partial charge is 1.00 e. The minimum atomic E-state index is -2.74. The van der Waals surface area contributed by atoms with E-state index in [1.54, 1.807) is 0 Å². The van der Waals surface area contributed by atoms with Crippen LogP contribution in [0.4, 0.5) is 0 Å². The number of hydrogen-bond acceptors (Lipinski definition) is 4. The van der Waals surface area contributed by atoms with E-state index in [9.17, 15) is 14.4 Å². The molecule has 0 unspecified atom stereocenters. The molecule has 0 bridgehead atoms. The van der Waals surface area contributed by atoms with Crippen molar-refractivity contribution in [3.63, 3.8) is 0 Å². The Hall–Kier alpha value is 3.20. The molecule has 9 nitrogen and oxygen atoms in total. The number of carboxylic acids is 3. The summed E-state index contributed by atoms with van der Waals surface area (Å²) >= 11 is 0. The Balaban J connectivity index is -0.0000000257. The number of aliphatic hydroxyl groups is 1. The molecule has 0 aromatic heterocycles. The van der Waals surface area contributed by atoms with E-state index in [-0.39, 0.29) is 169 Å². The normalized spacial score (nSPS) is 7.83. The fourth-order valence-corrected chi connectivity index (χ4v) is 0.714. The quantitative estimate of drug-likeness (QED) is 0.354. The van der Waals surface area contributed by atoms with E-state index in [4.69, 9.17) is 20.4 Å². The summed E-state index contributed by atoms with van der Waals surface area (Å²) in [7, 11) is 0. The summed E-state index contributed by atoms with van der Waals surface area (Å²) in [6, 6.07) is 0. The fraction of sp³-hybridized carbons (Fsp3) is 0.500. The molecule has 0 amide bonds. The molecule has 0 fully saturated rings. The van der Waals surface area contributed by atoms with Gasteiger partial charge in [0.1, 0.15) is 0 Å². The Labute approximate surface area is 234 Å². The van der Waals surface area contributed by atoms with Crippen molar-refractivity contribution in [3.8, 4) is 0 Å². The van der Waals surface area contributed by atoms with Crippen molar-refractivity contribution in [1.82, 2.24) is 0 Å². The Morgan fingerprint density at radius 2 is 1.06 bits per heavy atom. The molecule has 96 valence electrons.